The van der Waals surface area contributed by atoms with Crippen molar-refractivity contribution >= 4 is 29.1 Å². The third kappa shape index (κ3) is 4.08. The molecule has 0 aliphatic carbocycles. The standard InChI is InChI=1S/C15H17ClN4O2/c1-3-7-17-14(21)11-6-8-18-15(19-11)20-12-9-10(16)4-5-13(12)22-2/h4-6,8-9H,3,7H2,1-2H3,(H,17,21)(H,18,19,20). The van der Waals surface area contributed by atoms with E-state index in [1.807, 2.05) is 6.92 Å². The highest BCUT2D eigenvalue weighted by molar-refractivity contribution is 6.31. The van der Waals surface area contributed by atoms with Crippen LogP contribution in [0.3, 0.4) is 0 Å². The molecule has 0 spiro atoms. The van der Waals surface area contributed by atoms with Crippen molar-refractivity contribution in [1.82, 2.24) is 15.3 Å². The van der Waals surface area contributed by atoms with E-state index < -0.39 is 0 Å². The van der Waals surface area contributed by atoms with E-state index in [1.165, 1.54) is 6.20 Å². The lowest BCUT2D eigenvalue weighted by Crippen LogP contribution is -2.25. The van der Waals surface area contributed by atoms with Gasteiger partial charge in [0.25, 0.3) is 5.91 Å². The number of ether oxygens (including phenoxy) is 1. The van der Waals surface area contributed by atoms with Gasteiger partial charge < -0.3 is 15.4 Å². The zero-order chi connectivity index (χ0) is 15.9. The zero-order valence-corrected chi connectivity index (χ0v) is 13.1. The summed E-state index contributed by atoms with van der Waals surface area (Å²) in [5, 5.41) is 6.33. The first-order valence-corrected chi connectivity index (χ1v) is 7.23. The SMILES string of the molecule is CCCNC(=O)c1ccnc(Nc2cc(Cl)ccc2OC)n1. The molecule has 0 radical (unpaired) electrons. The lowest BCUT2D eigenvalue weighted by molar-refractivity contribution is 0.0948. The van der Waals surface area contributed by atoms with E-state index in [4.69, 9.17) is 16.3 Å². The third-order valence-electron chi connectivity index (χ3n) is 2.83. The number of hydrogen-bond acceptors (Lipinski definition) is 5. The average Bonchev–Trinajstić information content (AvgIpc) is 2.53. The van der Waals surface area contributed by atoms with Gasteiger partial charge in [-0.15, -0.1) is 0 Å². The number of nitrogens with zero attached hydrogens (tertiary/aromatic N) is 2. The average molecular weight is 321 g/mol. The van der Waals surface area contributed by atoms with Crippen molar-refractivity contribution in [3.63, 3.8) is 0 Å². The number of hydrogen-bond donors (Lipinski definition) is 2. The van der Waals surface area contributed by atoms with Crippen LogP contribution in [0.15, 0.2) is 30.5 Å². The van der Waals surface area contributed by atoms with Crippen LogP contribution in [0.2, 0.25) is 5.02 Å². The smallest absolute Gasteiger partial charge is 0.270 e. The molecule has 116 valence electrons. The van der Waals surface area contributed by atoms with E-state index in [-0.39, 0.29) is 5.91 Å². The molecule has 0 atom stereocenters. The molecule has 1 heterocycles. The summed E-state index contributed by atoms with van der Waals surface area (Å²) in [5.41, 5.74) is 0.924. The van der Waals surface area contributed by atoms with Gasteiger partial charge in [-0.2, -0.15) is 0 Å². The van der Waals surface area contributed by atoms with Gasteiger partial charge in [0.15, 0.2) is 0 Å². The Morgan fingerprint density at radius 1 is 1.36 bits per heavy atom. The number of carbonyl (C=O) groups excluding carboxylic acids is 1. The molecule has 2 N–H and O–H groups in total. The topological polar surface area (TPSA) is 76.1 Å². The van der Waals surface area contributed by atoms with E-state index in [0.29, 0.717) is 34.6 Å². The van der Waals surface area contributed by atoms with Crippen LogP contribution in [0.25, 0.3) is 0 Å². The summed E-state index contributed by atoms with van der Waals surface area (Å²) in [6.07, 6.45) is 2.38. The largest absolute Gasteiger partial charge is 0.495 e. The summed E-state index contributed by atoms with van der Waals surface area (Å²) in [5.74, 6) is 0.670. The minimum absolute atomic E-state index is 0.231. The van der Waals surface area contributed by atoms with E-state index in [9.17, 15) is 4.79 Å². The number of anilines is 2. The molecular weight excluding hydrogens is 304 g/mol. The minimum atomic E-state index is -0.231. The zero-order valence-electron chi connectivity index (χ0n) is 12.4. The fraction of sp³-hybridized carbons (Fsp3) is 0.267. The first-order chi connectivity index (χ1) is 10.6. The Morgan fingerprint density at radius 3 is 2.91 bits per heavy atom. The van der Waals surface area contributed by atoms with Crippen LogP contribution >= 0.6 is 11.6 Å². The molecule has 6 nitrogen and oxygen atoms in total. The third-order valence-corrected chi connectivity index (χ3v) is 3.07. The van der Waals surface area contributed by atoms with Gasteiger partial charge in [0.2, 0.25) is 5.95 Å². The van der Waals surface area contributed by atoms with Gasteiger partial charge in [-0.25, -0.2) is 9.97 Å². The van der Waals surface area contributed by atoms with E-state index in [0.717, 1.165) is 6.42 Å². The van der Waals surface area contributed by atoms with Crippen molar-refractivity contribution < 1.29 is 9.53 Å². The molecule has 22 heavy (non-hydrogen) atoms. The molecule has 2 aromatic rings. The van der Waals surface area contributed by atoms with Crippen molar-refractivity contribution in [2.45, 2.75) is 13.3 Å². The summed E-state index contributed by atoms with van der Waals surface area (Å²) in [6, 6.07) is 6.72. The number of aromatic nitrogens is 2. The maximum Gasteiger partial charge on any atom is 0.270 e. The van der Waals surface area contributed by atoms with Crippen molar-refractivity contribution in [3.8, 4) is 5.75 Å². The fourth-order valence-corrected chi connectivity index (χ4v) is 1.94. The summed E-state index contributed by atoms with van der Waals surface area (Å²) in [7, 11) is 1.56. The number of methoxy groups -OCH3 is 1. The second kappa shape index (κ2) is 7.61. The van der Waals surface area contributed by atoms with E-state index >= 15 is 0 Å². The van der Waals surface area contributed by atoms with Crippen LogP contribution in [0.5, 0.6) is 5.75 Å². The molecule has 0 saturated heterocycles. The van der Waals surface area contributed by atoms with Crippen molar-refractivity contribution in [2.75, 3.05) is 19.0 Å². The highest BCUT2D eigenvalue weighted by Crippen LogP contribution is 2.29. The Morgan fingerprint density at radius 2 is 2.18 bits per heavy atom. The van der Waals surface area contributed by atoms with Crippen molar-refractivity contribution in [1.29, 1.82) is 0 Å². The number of halogens is 1. The van der Waals surface area contributed by atoms with Crippen LogP contribution in [0, 0.1) is 0 Å². The molecule has 0 aliphatic rings. The second-order valence-corrected chi connectivity index (χ2v) is 4.93. The number of carbonyl (C=O) groups is 1. The Bertz CT molecular complexity index is 664. The molecule has 0 bridgehead atoms. The summed E-state index contributed by atoms with van der Waals surface area (Å²) in [4.78, 5) is 20.2. The number of benzene rings is 1. The van der Waals surface area contributed by atoms with Crippen LogP contribution in [0.1, 0.15) is 23.8 Å². The lowest BCUT2D eigenvalue weighted by atomic mass is 10.3. The molecule has 1 aromatic carbocycles. The number of amides is 1. The van der Waals surface area contributed by atoms with Crippen molar-refractivity contribution in [3.05, 3.63) is 41.2 Å². The van der Waals surface area contributed by atoms with Gasteiger partial charge in [-0.1, -0.05) is 18.5 Å². The van der Waals surface area contributed by atoms with Crippen LogP contribution in [0.4, 0.5) is 11.6 Å². The molecule has 2 rings (SSSR count). The Balaban J connectivity index is 2.20. The molecule has 0 unspecified atom stereocenters. The number of nitrogens with one attached hydrogen (secondary N) is 2. The summed E-state index contributed by atoms with van der Waals surface area (Å²) >= 11 is 5.98. The van der Waals surface area contributed by atoms with Gasteiger partial charge in [0.05, 0.1) is 12.8 Å². The predicted octanol–water partition coefficient (Wildman–Crippen LogP) is 3.02. The Labute approximate surface area is 133 Å². The summed E-state index contributed by atoms with van der Waals surface area (Å²) in [6.45, 7) is 2.59. The van der Waals surface area contributed by atoms with Crippen LogP contribution in [-0.2, 0) is 0 Å². The first kappa shape index (κ1) is 16.0. The highest BCUT2D eigenvalue weighted by Gasteiger charge is 2.10. The molecule has 7 heteroatoms. The van der Waals surface area contributed by atoms with Gasteiger partial charge in [-0.3, -0.25) is 4.79 Å². The second-order valence-electron chi connectivity index (χ2n) is 4.49. The maximum absolute atomic E-state index is 11.9. The molecule has 0 saturated carbocycles. The monoisotopic (exact) mass is 320 g/mol. The van der Waals surface area contributed by atoms with Gasteiger partial charge in [0, 0.05) is 17.8 Å². The van der Waals surface area contributed by atoms with Crippen LogP contribution < -0.4 is 15.4 Å². The van der Waals surface area contributed by atoms with E-state index in [1.54, 1.807) is 31.4 Å². The Hall–Kier alpha value is -2.34. The normalized spacial score (nSPS) is 10.1. The first-order valence-electron chi connectivity index (χ1n) is 6.86. The quantitative estimate of drug-likeness (QED) is 0.855. The Kier molecular flexibility index (Phi) is 5.55. The van der Waals surface area contributed by atoms with E-state index in [2.05, 4.69) is 20.6 Å². The predicted molar refractivity (Wildman–Crippen MR) is 85.9 cm³/mol. The molecule has 0 fully saturated rings. The molecule has 0 aliphatic heterocycles. The summed E-state index contributed by atoms with van der Waals surface area (Å²) < 4.78 is 5.25. The minimum Gasteiger partial charge on any atom is -0.495 e. The molecule has 1 amide bonds. The van der Waals surface area contributed by atoms with Crippen LogP contribution in [-0.4, -0.2) is 29.5 Å². The van der Waals surface area contributed by atoms with Gasteiger partial charge >= 0.3 is 0 Å². The molecular formula is C15H17ClN4O2. The molecule has 1 aromatic heterocycles. The highest BCUT2D eigenvalue weighted by atomic mass is 35.5. The van der Waals surface area contributed by atoms with Gasteiger partial charge in [0.1, 0.15) is 11.4 Å². The number of rotatable bonds is 6. The lowest BCUT2D eigenvalue weighted by Gasteiger charge is -2.11. The van der Waals surface area contributed by atoms with Gasteiger partial charge in [-0.05, 0) is 30.7 Å². The maximum atomic E-state index is 11.9. The fourth-order valence-electron chi connectivity index (χ4n) is 1.77. The van der Waals surface area contributed by atoms with Crippen molar-refractivity contribution in [2.24, 2.45) is 0 Å².